The van der Waals surface area contributed by atoms with E-state index in [1.54, 1.807) is 6.07 Å². The maximum absolute atomic E-state index is 13.0. The lowest BCUT2D eigenvalue weighted by Gasteiger charge is -2.20. The number of benzene rings is 1. The fraction of sp³-hybridized carbons (Fsp3) is 0.500. The van der Waals surface area contributed by atoms with Crippen molar-refractivity contribution in [2.45, 2.75) is 20.4 Å². The van der Waals surface area contributed by atoms with Crippen LogP contribution in [0.5, 0.6) is 0 Å². The minimum Gasteiger partial charge on any atom is -0.329 e. The number of halogens is 1. The van der Waals surface area contributed by atoms with Crippen LogP contribution in [0.3, 0.4) is 0 Å². The zero-order valence-electron chi connectivity index (χ0n) is 9.46. The van der Waals surface area contributed by atoms with Crippen molar-refractivity contribution in [3.8, 4) is 0 Å². The molecule has 1 aromatic carbocycles. The molecule has 84 valence electrons. The molecule has 0 aliphatic rings. The summed E-state index contributed by atoms with van der Waals surface area (Å²) in [6, 6.07) is 4.92. The van der Waals surface area contributed by atoms with Crippen molar-refractivity contribution in [3.05, 3.63) is 35.1 Å². The van der Waals surface area contributed by atoms with Gasteiger partial charge in [-0.2, -0.15) is 0 Å². The number of hydrogen-bond donors (Lipinski definition) is 1. The molecule has 0 saturated carbocycles. The highest BCUT2D eigenvalue weighted by atomic mass is 19.1. The smallest absolute Gasteiger partial charge is 0.123 e. The van der Waals surface area contributed by atoms with Crippen LogP contribution in [0.4, 0.5) is 4.39 Å². The van der Waals surface area contributed by atoms with Crippen LogP contribution in [0.2, 0.25) is 0 Å². The molecular weight excluding hydrogens is 191 g/mol. The van der Waals surface area contributed by atoms with E-state index in [0.29, 0.717) is 6.54 Å². The minimum atomic E-state index is -0.167. The molecule has 0 saturated heterocycles. The molecule has 0 atom stereocenters. The van der Waals surface area contributed by atoms with Crippen LogP contribution in [0, 0.1) is 12.7 Å². The number of nitrogens with zero attached hydrogens (tertiary/aromatic N) is 1. The zero-order valence-corrected chi connectivity index (χ0v) is 9.46. The normalized spacial score (nSPS) is 11.0. The van der Waals surface area contributed by atoms with E-state index in [-0.39, 0.29) is 5.82 Å². The Balaban J connectivity index is 2.73. The average molecular weight is 210 g/mol. The summed E-state index contributed by atoms with van der Waals surface area (Å²) in [7, 11) is 0. The lowest BCUT2D eigenvalue weighted by Crippen LogP contribution is -2.29. The summed E-state index contributed by atoms with van der Waals surface area (Å²) >= 11 is 0. The molecule has 0 aliphatic heterocycles. The molecule has 0 heterocycles. The molecule has 15 heavy (non-hydrogen) atoms. The third kappa shape index (κ3) is 3.61. The van der Waals surface area contributed by atoms with Crippen LogP contribution in [0.25, 0.3) is 0 Å². The molecule has 0 spiro atoms. The van der Waals surface area contributed by atoms with Gasteiger partial charge in [0.1, 0.15) is 5.82 Å². The van der Waals surface area contributed by atoms with E-state index in [1.165, 1.54) is 6.07 Å². The third-order valence-corrected chi connectivity index (χ3v) is 2.60. The van der Waals surface area contributed by atoms with Crippen molar-refractivity contribution in [1.82, 2.24) is 4.90 Å². The summed E-state index contributed by atoms with van der Waals surface area (Å²) in [5.74, 6) is -0.167. The Morgan fingerprint density at radius 3 is 2.73 bits per heavy atom. The summed E-state index contributed by atoms with van der Waals surface area (Å²) in [4.78, 5) is 2.21. The predicted octanol–water partition coefficient (Wildman–Crippen LogP) is 1.91. The first-order chi connectivity index (χ1) is 7.17. The van der Waals surface area contributed by atoms with Crippen molar-refractivity contribution in [2.75, 3.05) is 19.6 Å². The summed E-state index contributed by atoms with van der Waals surface area (Å²) in [6.07, 6.45) is 0. The average Bonchev–Trinajstić information content (AvgIpc) is 2.22. The van der Waals surface area contributed by atoms with Gasteiger partial charge in [0.15, 0.2) is 0 Å². The number of rotatable bonds is 5. The van der Waals surface area contributed by atoms with Crippen LogP contribution in [0.15, 0.2) is 18.2 Å². The van der Waals surface area contributed by atoms with Crippen molar-refractivity contribution >= 4 is 0 Å². The fourth-order valence-electron chi connectivity index (χ4n) is 1.58. The van der Waals surface area contributed by atoms with E-state index >= 15 is 0 Å². The maximum atomic E-state index is 13.0. The van der Waals surface area contributed by atoms with Gasteiger partial charge in [0, 0.05) is 19.6 Å². The van der Waals surface area contributed by atoms with Crippen LogP contribution in [0.1, 0.15) is 18.1 Å². The van der Waals surface area contributed by atoms with Gasteiger partial charge in [0.05, 0.1) is 0 Å². The first-order valence-corrected chi connectivity index (χ1v) is 5.34. The molecule has 3 heteroatoms. The molecule has 2 N–H and O–H groups in total. The highest BCUT2D eigenvalue weighted by Crippen LogP contribution is 2.12. The van der Waals surface area contributed by atoms with Crippen LogP contribution in [-0.2, 0) is 6.54 Å². The molecule has 1 rings (SSSR count). The van der Waals surface area contributed by atoms with Crippen LogP contribution in [-0.4, -0.2) is 24.5 Å². The predicted molar refractivity (Wildman–Crippen MR) is 61.1 cm³/mol. The zero-order chi connectivity index (χ0) is 11.3. The van der Waals surface area contributed by atoms with Gasteiger partial charge >= 0.3 is 0 Å². The van der Waals surface area contributed by atoms with Crippen molar-refractivity contribution in [1.29, 1.82) is 0 Å². The molecular formula is C12H19FN2. The van der Waals surface area contributed by atoms with Gasteiger partial charge in [-0.25, -0.2) is 4.39 Å². The molecule has 0 amide bonds. The molecule has 0 unspecified atom stereocenters. The second kappa shape index (κ2) is 5.83. The van der Waals surface area contributed by atoms with E-state index in [2.05, 4.69) is 11.8 Å². The summed E-state index contributed by atoms with van der Waals surface area (Å²) in [5.41, 5.74) is 7.69. The Kier molecular flexibility index (Phi) is 4.72. The van der Waals surface area contributed by atoms with Gasteiger partial charge in [-0.15, -0.1) is 0 Å². The molecule has 0 radical (unpaired) electrons. The summed E-state index contributed by atoms with van der Waals surface area (Å²) in [5, 5.41) is 0. The summed E-state index contributed by atoms with van der Waals surface area (Å²) < 4.78 is 13.0. The Bertz CT molecular complexity index is 312. The lowest BCUT2D eigenvalue weighted by molar-refractivity contribution is 0.287. The molecule has 0 bridgehead atoms. The standard InChI is InChI=1S/C12H19FN2/c1-3-15(7-6-14)9-11-8-12(13)5-4-10(11)2/h4-5,8H,3,6-7,9,14H2,1-2H3. The van der Waals surface area contributed by atoms with E-state index in [9.17, 15) is 4.39 Å². The van der Waals surface area contributed by atoms with Crippen molar-refractivity contribution in [3.63, 3.8) is 0 Å². The van der Waals surface area contributed by atoms with E-state index < -0.39 is 0 Å². The van der Waals surface area contributed by atoms with Crippen LogP contribution < -0.4 is 5.73 Å². The van der Waals surface area contributed by atoms with E-state index in [4.69, 9.17) is 5.73 Å². The number of nitrogens with two attached hydrogens (primary N) is 1. The largest absolute Gasteiger partial charge is 0.329 e. The van der Waals surface area contributed by atoms with Gasteiger partial charge in [0.25, 0.3) is 0 Å². The van der Waals surface area contributed by atoms with Gasteiger partial charge in [-0.3, -0.25) is 4.90 Å². The second-order valence-electron chi connectivity index (χ2n) is 3.73. The molecule has 1 aromatic rings. The molecule has 0 fully saturated rings. The monoisotopic (exact) mass is 210 g/mol. The van der Waals surface area contributed by atoms with Gasteiger partial charge in [-0.1, -0.05) is 13.0 Å². The highest BCUT2D eigenvalue weighted by Gasteiger charge is 2.05. The molecule has 0 aliphatic carbocycles. The fourth-order valence-corrected chi connectivity index (χ4v) is 1.58. The van der Waals surface area contributed by atoms with Crippen molar-refractivity contribution in [2.24, 2.45) is 5.73 Å². The second-order valence-corrected chi connectivity index (χ2v) is 3.73. The topological polar surface area (TPSA) is 29.3 Å². The van der Waals surface area contributed by atoms with Gasteiger partial charge in [-0.05, 0) is 36.7 Å². The van der Waals surface area contributed by atoms with Crippen molar-refractivity contribution < 1.29 is 4.39 Å². The highest BCUT2D eigenvalue weighted by molar-refractivity contribution is 5.26. The number of aryl methyl sites for hydroxylation is 1. The summed E-state index contributed by atoms with van der Waals surface area (Å²) in [6.45, 7) is 7.30. The minimum absolute atomic E-state index is 0.167. The van der Waals surface area contributed by atoms with Gasteiger partial charge in [0.2, 0.25) is 0 Å². The Hall–Kier alpha value is -0.930. The Morgan fingerprint density at radius 2 is 2.13 bits per heavy atom. The first-order valence-electron chi connectivity index (χ1n) is 5.34. The number of hydrogen-bond acceptors (Lipinski definition) is 2. The van der Waals surface area contributed by atoms with E-state index in [0.717, 1.165) is 30.8 Å². The Labute approximate surface area is 90.9 Å². The maximum Gasteiger partial charge on any atom is 0.123 e. The number of likely N-dealkylation sites (N-methyl/N-ethyl adjacent to an activating group) is 1. The quantitative estimate of drug-likeness (QED) is 0.804. The molecule has 0 aromatic heterocycles. The first kappa shape index (κ1) is 12.1. The Morgan fingerprint density at radius 1 is 1.40 bits per heavy atom. The van der Waals surface area contributed by atoms with E-state index in [1.807, 2.05) is 13.0 Å². The third-order valence-electron chi connectivity index (χ3n) is 2.60. The van der Waals surface area contributed by atoms with Gasteiger partial charge < -0.3 is 5.73 Å². The van der Waals surface area contributed by atoms with Crippen LogP contribution >= 0.6 is 0 Å². The molecule has 2 nitrogen and oxygen atoms in total. The SMILES string of the molecule is CCN(CCN)Cc1cc(F)ccc1C. The lowest BCUT2D eigenvalue weighted by atomic mass is 10.1.